The molecule has 0 spiro atoms. The van der Waals surface area contributed by atoms with Crippen LogP contribution in [-0.2, 0) is 6.54 Å². The Bertz CT molecular complexity index is 1180. The van der Waals surface area contributed by atoms with Crippen molar-refractivity contribution in [3.63, 3.8) is 0 Å². The SMILES string of the molecule is COc1ccc(NC(=O)c2ccccc2C)cc1N1CCCN(Cc2ccccc2F)C1=O. The van der Waals surface area contributed by atoms with Crippen molar-refractivity contribution in [1.82, 2.24) is 4.90 Å². The molecule has 4 rings (SSSR count). The fraction of sp³-hybridized carbons (Fsp3) is 0.231. The number of carbonyl (C=O) groups is 2. The van der Waals surface area contributed by atoms with Crippen LogP contribution in [0.1, 0.15) is 27.9 Å². The highest BCUT2D eigenvalue weighted by molar-refractivity contribution is 6.06. The predicted octanol–water partition coefficient (Wildman–Crippen LogP) is 5.23. The van der Waals surface area contributed by atoms with Gasteiger partial charge in [-0.05, 0) is 49.2 Å². The molecule has 0 radical (unpaired) electrons. The number of hydrogen-bond donors (Lipinski definition) is 1. The summed E-state index contributed by atoms with van der Waals surface area (Å²) in [5, 5.41) is 2.91. The van der Waals surface area contributed by atoms with Crippen molar-refractivity contribution in [2.24, 2.45) is 0 Å². The molecule has 1 N–H and O–H groups in total. The average molecular weight is 448 g/mol. The van der Waals surface area contributed by atoms with Gasteiger partial charge in [-0.15, -0.1) is 0 Å². The molecule has 33 heavy (non-hydrogen) atoms. The van der Waals surface area contributed by atoms with Gasteiger partial charge in [0, 0.05) is 29.9 Å². The molecule has 6 nitrogen and oxygen atoms in total. The van der Waals surface area contributed by atoms with Crippen LogP contribution in [0.2, 0.25) is 0 Å². The van der Waals surface area contributed by atoms with Crippen molar-refractivity contribution in [2.75, 3.05) is 30.4 Å². The molecular formula is C26H26FN3O3. The molecule has 3 aromatic rings. The van der Waals surface area contributed by atoms with Gasteiger partial charge in [0.1, 0.15) is 11.6 Å². The first-order valence-corrected chi connectivity index (χ1v) is 10.8. The number of urea groups is 1. The summed E-state index contributed by atoms with van der Waals surface area (Å²) >= 11 is 0. The fourth-order valence-corrected chi connectivity index (χ4v) is 3.99. The number of anilines is 2. The van der Waals surface area contributed by atoms with E-state index in [1.807, 2.05) is 25.1 Å². The molecule has 1 fully saturated rings. The summed E-state index contributed by atoms with van der Waals surface area (Å²) < 4.78 is 19.6. The Hall–Kier alpha value is -3.87. The largest absolute Gasteiger partial charge is 0.495 e. The number of nitrogens with one attached hydrogen (secondary N) is 1. The molecule has 3 amide bonds. The van der Waals surface area contributed by atoms with Gasteiger partial charge in [-0.1, -0.05) is 36.4 Å². The highest BCUT2D eigenvalue weighted by atomic mass is 19.1. The molecule has 0 unspecified atom stereocenters. The predicted molar refractivity (Wildman–Crippen MR) is 126 cm³/mol. The number of aryl methyl sites for hydroxylation is 1. The Morgan fingerprint density at radius 1 is 1.06 bits per heavy atom. The third-order valence-corrected chi connectivity index (χ3v) is 5.75. The van der Waals surface area contributed by atoms with Crippen LogP contribution >= 0.6 is 0 Å². The minimum Gasteiger partial charge on any atom is -0.495 e. The summed E-state index contributed by atoms with van der Waals surface area (Å²) in [6, 6.07) is 18.8. The van der Waals surface area contributed by atoms with Crippen molar-refractivity contribution in [3.8, 4) is 5.75 Å². The summed E-state index contributed by atoms with van der Waals surface area (Å²) in [5.41, 5.74) is 3.04. The van der Waals surface area contributed by atoms with E-state index >= 15 is 0 Å². The maximum atomic E-state index is 14.1. The summed E-state index contributed by atoms with van der Waals surface area (Å²) in [6.07, 6.45) is 0.725. The summed E-state index contributed by atoms with van der Waals surface area (Å²) in [7, 11) is 1.54. The molecule has 1 saturated heterocycles. The number of benzene rings is 3. The van der Waals surface area contributed by atoms with Crippen LogP contribution in [0, 0.1) is 12.7 Å². The Balaban J connectivity index is 1.58. The van der Waals surface area contributed by atoms with Gasteiger partial charge in [0.05, 0.1) is 19.3 Å². The Labute approximate surface area is 192 Å². The number of halogens is 1. The Morgan fingerprint density at radius 3 is 2.58 bits per heavy atom. The number of carbonyl (C=O) groups excluding carboxylic acids is 2. The number of rotatable bonds is 6. The van der Waals surface area contributed by atoms with Crippen LogP contribution in [0.5, 0.6) is 5.75 Å². The summed E-state index contributed by atoms with van der Waals surface area (Å²) in [6.45, 7) is 3.10. The fourth-order valence-electron chi connectivity index (χ4n) is 3.99. The maximum absolute atomic E-state index is 14.1. The second kappa shape index (κ2) is 9.73. The summed E-state index contributed by atoms with van der Waals surface area (Å²) in [4.78, 5) is 29.3. The highest BCUT2D eigenvalue weighted by Gasteiger charge is 2.29. The second-order valence-corrected chi connectivity index (χ2v) is 7.96. The van der Waals surface area contributed by atoms with Gasteiger partial charge < -0.3 is 15.0 Å². The lowest BCUT2D eigenvalue weighted by molar-refractivity contribution is 0.102. The quantitative estimate of drug-likeness (QED) is 0.563. The van der Waals surface area contributed by atoms with Crippen LogP contribution < -0.4 is 15.0 Å². The molecule has 7 heteroatoms. The lowest BCUT2D eigenvalue weighted by Gasteiger charge is -2.36. The molecule has 0 bridgehead atoms. The standard InChI is InChI=1S/C26H26FN3O3/c1-18-8-3-5-10-21(18)25(31)28-20-12-13-24(33-2)23(16-20)30-15-7-14-29(26(30)32)17-19-9-4-6-11-22(19)27/h3-6,8-13,16H,7,14-15,17H2,1-2H3,(H,28,31). The van der Waals surface area contributed by atoms with Gasteiger partial charge in [-0.25, -0.2) is 9.18 Å². The maximum Gasteiger partial charge on any atom is 0.324 e. The lowest BCUT2D eigenvalue weighted by Crippen LogP contribution is -2.49. The van der Waals surface area contributed by atoms with Crippen molar-refractivity contribution in [3.05, 3.63) is 89.2 Å². The third kappa shape index (κ3) is 4.82. The molecule has 1 aliphatic rings. The van der Waals surface area contributed by atoms with Gasteiger partial charge in [0.25, 0.3) is 5.91 Å². The van der Waals surface area contributed by atoms with Gasteiger partial charge in [-0.3, -0.25) is 9.69 Å². The van der Waals surface area contributed by atoms with Gasteiger partial charge >= 0.3 is 6.03 Å². The van der Waals surface area contributed by atoms with E-state index in [1.165, 1.54) is 13.2 Å². The van der Waals surface area contributed by atoms with E-state index in [0.717, 1.165) is 12.0 Å². The average Bonchev–Trinajstić information content (AvgIpc) is 2.82. The lowest BCUT2D eigenvalue weighted by atomic mass is 10.1. The second-order valence-electron chi connectivity index (χ2n) is 7.96. The van der Waals surface area contributed by atoms with Gasteiger partial charge in [-0.2, -0.15) is 0 Å². The number of hydrogen-bond acceptors (Lipinski definition) is 3. The highest BCUT2D eigenvalue weighted by Crippen LogP contribution is 2.34. The van der Waals surface area contributed by atoms with E-state index in [9.17, 15) is 14.0 Å². The topological polar surface area (TPSA) is 61.9 Å². The van der Waals surface area contributed by atoms with Crippen molar-refractivity contribution in [2.45, 2.75) is 19.9 Å². The summed E-state index contributed by atoms with van der Waals surface area (Å²) in [5.74, 6) is -0.0405. The monoisotopic (exact) mass is 447 g/mol. The zero-order valence-corrected chi connectivity index (χ0v) is 18.7. The first kappa shape index (κ1) is 22.3. The molecule has 1 heterocycles. The zero-order chi connectivity index (χ0) is 23.4. The molecule has 170 valence electrons. The first-order valence-electron chi connectivity index (χ1n) is 10.8. The molecule has 3 aromatic carbocycles. The smallest absolute Gasteiger partial charge is 0.324 e. The Kier molecular flexibility index (Phi) is 6.58. The van der Waals surface area contributed by atoms with Crippen molar-refractivity contribution >= 4 is 23.3 Å². The van der Waals surface area contributed by atoms with Crippen LogP contribution in [0.25, 0.3) is 0 Å². The molecule has 1 aliphatic heterocycles. The van der Waals surface area contributed by atoms with Crippen LogP contribution in [0.15, 0.2) is 66.7 Å². The van der Waals surface area contributed by atoms with E-state index in [0.29, 0.717) is 41.3 Å². The number of nitrogens with zero attached hydrogens (tertiary/aromatic N) is 2. The number of methoxy groups -OCH3 is 1. The normalized spacial score (nSPS) is 13.7. The molecule has 0 aromatic heterocycles. The van der Waals surface area contributed by atoms with Gasteiger partial charge in [0.15, 0.2) is 0 Å². The molecule has 0 saturated carbocycles. The number of amides is 3. The minimum atomic E-state index is -0.332. The molecular weight excluding hydrogens is 421 g/mol. The van der Waals surface area contributed by atoms with E-state index < -0.39 is 0 Å². The van der Waals surface area contributed by atoms with Crippen LogP contribution in [0.3, 0.4) is 0 Å². The van der Waals surface area contributed by atoms with Crippen molar-refractivity contribution in [1.29, 1.82) is 0 Å². The minimum absolute atomic E-state index is 0.189. The van der Waals surface area contributed by atoms with E-state index in [4.69, 9.17) is 4.74 Å². The van der Waals surface area contributed by atoms with E-state index in [2.05, 4.69) is 5.32 Å². The van der Waals surface area contributed by atoms with E-state index in [1.54, 1.807) is 52.3 Å². The molecule has 0 atom stereocenters. The molecule has 0 aliphatic carbocycles. The number of ether oxygens (including phenoxy) is 1. The van der Waals surface area contributed by atoms with E-state index in [-0.39, 0.29) is 24.3 Å². The van der Waals surface area contributed by atoms with Crippen molar-refractivity contribution < 1.29 is 18.7 Å². The zero-order valence-electron chi connectivity index (χ0n) is 18.7. The van der Waals surface area contributed by atoms with Crippen LogP contribution in [-0.4, -0.2) is 37.0 Å². The third-order valence-electron chi connectivity index (χ3n) is 5.75. The Morgan fingerprint density at radius 2 is 1.82 bits per heavy atom. The first-order chi connectivity index (χ1) is 16.0. The van der Waals surface area contributed by atoms with Gasteiger partial charge in [0.2, 0.25) is 0 Å². The van der Waals surface area contributed by atoms with Crippen LogP contribution in [0.4, 0.5) is 20.6 Å².